The summed E-state index contributed by atoms with van der Waals surface area (Å²) in [5, 5.41) is 3.15. The molecule has 0 saturated heterocycles. The standard InChI is InChI=1S/C13H22N2O2/c1-5-16-9-10(2)17-12-6-7-13(15-8-12)11(3)14-4/h6-8,10-11,14H,5,9H2,1-4H3. The minimum atomic E-state index is 0.0457. The summed E-state index contributed by atoms with van der Waals surface area (Å²) >= 11 is 0. The van der Waals surface area contributed by atoms with E-state index in [1.54, 1.807) is 6.20 Å². The van der Waals surface area contributed by atoms with Crippen LogP contribution in [0.1, 0.15) is 32.5 Å². The number of aromatic nitrogens is 1. The highest BCUT2D eigenvalue weighted by Crippen LogP contribution is 2.15. The molecule has 0 aliphatic rings. The van der Waals surface area contributed by atoms with Gasteiger partial charge in [0.25, 0.3) is 0 Å². The first-order valence-corrected chi connectivity index (χ1v) is 6.05. The van der Waals surface area contributed by atoms with E-state index in [1.807, 2.05) is 33.0 Å². The van der Waals surface area contributed by atoms with Gasteiger partial charge < -0.3 is 14.8 Å². The topological polar surface area (TPSA) is 43.4 Å². The molecular weight excluding hydrogens is 216 g/mol. The van der Waals surface area contributed by atoms with Gasteiger partial charge in [-0.3, -0.25) is 4.98 Å². The van der Waals surface area contributed by atoms with E-state index >= 15 is 0 Å². The minimum absolute atomic E-state index is 0.0457. The van der Waals surface area contributed by atoms with Gasteiger partial charge >= 0.3 is 0 Å². The van der Waals surface area contributed by atoms with Gasteiger partial charge in [-0.1, -0.05) is 0 Å². The fourth-order valence-corrected chi connectivity index (χ4v) is 1.42. The van der Waals surface area contributed by atoms with Crippen LogP contribution in [0.4, 0.5) is 0 Å². The second-order valence-corrected chi connectivity index (χ2v) is 4.02. The summed E-state index contributed by atoms with van der Waals surface area (Å²) in [6.07, 6.45) is 1.80. The van der Waals surface area contributed by atoms with Gasteiger partial charge in [0.05, 0.1) is 18.5 Å². The Labute approximate surface area is 103 Å². The normalized spacial score (nSPS) is 14.4. The van der Waals surface area contributed by atoms with Gasteiger partial charge in [-0.25, -0.2) is 0 Å². The van der Waals surface area contributed by atoms with Crippen molar-refractivity contribution in [1.82, 2.24) is 10.3 Å². The molecule has 2 atom stereocenters. The van der Waals surface area contributed by atoms with Crippen molar-refractivity contribution in [2.75, 3.05) is 20.3 Å². The highest BCUT2D eigenvalue weighted by molar-refractivity contribution is 5.21. The maximum absolute atomic E-state index is 5.68. The zero-order chi connectivity index (χ0) is 12.7. The molecule has 0 aliphatic heterocycles. The quantitative estimate of drug-likeness (QED) is 0.790. The zero-order valence-electron chi connectivity index (χ0n) is 11.1. The number of ether oxygens (including phenoxy) is 2. The molecule has 0 fully saturated rings. The highest BCUT2D eigenvalue weighted by Gasteiger charge is 2.06. The summed E-state index contributed by atoms with van der Waals surface area (Å²) in [5.41, 5.74) is 1.01. The lowest BCUT2D eigenvalue weighted by molar-refractivity contribution is 0.0655. The zero-order valence-corrected chi connectivity index (χ0v) is 11.1. The molecule has 1 heterocycles. The lowest BCUT2D eigenvalue weighted by Gasteiger charge is -2.15. The molecule has 0 aliphatic carbocycles. The van der Waals surface area contributed by atoms with Gasteiger partial charge in [-0.15, -0.1) is 0 Å². The Morgan fingerprint density at radius 2 is 2.12 bits per heavy atom. The molecular formula is C13H22N2O2. The van der Waals surface area contributed by atoms with E-state index in [0.29, 0.717) is 13.2 Å². The number of pyridine rings is 1. The SMILES string of the molecule is CCOCC(C)Oc1ccc(C(C)NC)nc1. The number of nitrogens with zero attached hydrogens (tertiary/aromatic N) is 1. The lowest BCUT2D eigenvalue weighted by Crippen LogP contribution is -2.19. The predicted octanol–water partition coefficient (Wildman–Crippen LogP) is 2.17. The van der Waals surface area contributed by atoms with Crippen molar-refractivity contribution >= 4 is 0 Å². The Hall–Kier alpha value is -1.13. The molecule has 2 unspecified atom stereocenters. The van der Waals surface area contributed by atoms with Crippen molar-refractivity contribution in [3.8, 4) is 5.75 Å². The fraction of sp³-hybridized carbons (Fsp3) is 0.615. The van der Waals surface area contributed by atoms with E-state index in [0.717, 1.165) is 11.4 Å². The van der Waals surface area contributed by atoms with E-state index in [2.05, 4.69) is 17.2 Å². The molecule has 4 nitrogen and oxygen atoms in total. The second-order valence-electron chi connectivity index (χ2n) is 4.02. The van der Waals surface area contributed by atoms with Crippen LogP contribution in [0.15, 0.2) is 18.3 Å². The van der Waals surface area contributed by atoms with E-state index < -0.39 is 0 Å². The first kappa shape index (κ1) is 13.9. The lowest BCUT2D eigenvalue weighted by atomic mass is 10.2. The molecule has 0 amide bonds. The van der Waals surface area contributed by atoms with Crippen LogP contribution < -0.4 is 10.1 Å². The number of hydrogen-bond donors (Lipinski definition) is 1. The third-order valence-electron chi connectivity index (χ3n) is 2.53. The van der Waals surface area contributed by atoms with E-state index in [4.69, 9.17) is 9.47 Å². The predicted molar refractivity (Wildman–Crippen MR) is 68.3 cm³/mol. The molecule has 17 heavy (non-hydrogen) atoms. The first-order chi connectivity index (χ1) is 8.17. The minimum Gasteiger partial charge on any atom is -0.487 e. The van der Waals surface area contributed by atoms with E-state index in [9.17, 15) is 0 Å². The smallest absolute Gasteiger partial charge is 0.138 e. The summed E-state index contributed by atoms with van der Waals surface area (Å²) in [6.45, 7) is 7.35. The molecule has 1 aromatic heterocycles. The number of nitrogens with one attached hydrogen (secondary N) is 1. The second kappa shape index (κ2) is 7.25. The van der Waals surface area contributed by atoms with Crippen LogP contribution in [0.25, 0.3) is 0 Å². The first-order valence-electron chi connectivity index (χ1n) is 6.05. The van der Waals surface area contributed by atoms with Crippen molar-refractivity contribution < 1.29 is 9.47 Å². The van der Waals surface area contributed by atoms with Gasteiger partial charge in [0.15, 0.2) is 0 Å². The summed E-state index contributed by atoms with van der Waals surface area (Å²) < 4.78 is 11.0. The van der Waals surface area contributed by atoms with Crippen LogP contribution in [-0.4, -0.2) is 31.3 Å². The average Bonchev–Trinajstić information content (AvgIpc) is 2.36. The van der Waals surface area contributed by atoms with Crippen molar-refractivity contribution in [3.63, 3.8) is 0 Å². The summed E-state index contributed by atoms with van der Waals surface area (Å²) in [4.78, 5) is 4.35. The summed E-state index contributed by atoms with van der Waals surface area (Å²) in [6, 6.07) is 4.17. The van der Waals surface area contributed by atoms with Crippen LogP contribution in [0.3, 0.4) is 0 Å². The Morgan fingerprint density at radius 1 is 1.35 bits per heavy atom. The Kier molecular flexibility index (Phi) is 5.94. The maximum atomic E-state index is 5.68. The molecule has 0 spiro atoms. The van der Waals surface area contributed by atoms with E-state index in [1.165, 1.54) is 0 Å². The van der Waals surface area contributed by atoms with Crippen LogP contribution >= 0.6 is 0 Å². The van der Waals surface area contributed by atoms with Crippen LogP contribution in [0, 0.1) is 0 Å². The monoisotopic (exact) mass is 238 g/mol. The fourth-order valence-electron chi connectivity index (χ4n) is 1.42. The molecule has 0 bridgehead atoms. The van der Waals surface area contributed by atoms with Gasteiger partial charge in [0.1, 0.15) is 11.9 Å². The third-order valence-corrected chi connectivity index (χ3v) is 2.53. The van der Waals surface area contributed by atoms with Crippen LogP contribution in [0.5, 0.6) is 5.75 Å². The van der Waals surface area contributed by atoms with Gasteiger partial charge in [-0.05, 0) is 40.0 Å². The number of rotatable bonds is 7. The summed E-state index contributed by atoms with van der Waals surface area (Å²) in [5.74, 6) is 0.782. The largest absolute Gasteiger partial charge is 0.487 e. The van der Waals surface area contributed by atoms with Gasteiger partial charge in [0.2, 0.25) is 0 Å². The van der Waals surface area contributed by atoms with Gasteiger partial charge in [-0.2, -0.15) is 0 Å². The molecule has 1 aromatic rings. The molecule has 0 saturated carbocycles. The molecule has 4 heteroatoms. The summed E-state index contributed by atoms with van der Waals surface area (Å²) in [7, 11) is 1.92. The van der Waals surface area contributed by atoms with Crippen molar-refractivity contribution in [3.05, 3.63) is 24.0 Å². The van der Waals surface area contributed by atoms with Crippen LogP contribution in [0.2, 0.25) is 0 Å². The molecule has 96 valence electrons. The van der Waals surface area contributed by atoms with Crippen molar-refractivity contribution in [1.29, 1.82) is 0 Å². The van der Waals surface area contributed by atoms with Crippen molar-refractivity contribution in [2.45, 2.75) is 32.9 Å². The molecule has 0 radical (unpaired) electrons. The number of hydrogen-bond acceptors (Lipinski definition) is 4. The molecule has 1 rings (SSSR count). The average molecular weight is 238 g/mol. The highest BCUT2D eigenvalue weighted by atomic mass is 16.5. The Morgan fingerprint density at radius 3 is 2.65 bits per heavy atom. The third kappa shape index (κ3) is 4.71. The Balaban J connectivity index is 2.50. The molecule has 1 N–H and O–H groups in total. The molecule has 0 aromatic carbocycles. The van der Waals surface area contributed by atoms with E-state index in [-0.39, 0.29) is 12.1 Å². The van der Waals surface area contributed by atoms with Gasteiger partial charge in [0, 0.05) is 12.6 Å². The Bertz CT molecular complexity index is 314. The van der Waals surface area contributed by atoms with Crippen LogP contribution in [-0.2, 0) is 4.74 Å². The van der Waals surface area contributed by atoms with Crippen molar-refractivity contribution in [2.24, 2.45) is 0 Å². The maximum Gasteiger partial charge on any atom is 0.138 e.